The summed E-state index contributed by atoms with van der Waals surface area (Å²) in [5.41, 5.74) is 2.76. The summed E-state index contributed by atoms with van der Waals surface area (Å²) in [6.07, 6.45) is 0. The summed E-state index contributed by atoms with van der Waals surface area (Å²) in [5.74, 6) is 1.14. The van der Waals surface area contributed by atoms with Gasteiger partial charge in [-0.05, 0) is 34.6 Å². The molecular formula is C20H26NO3P. The molecule has 4 nitrogen and oxygen atoms in total. The van der Waals surface area contributed by atoms with Gasteiger partial charge in [0.2, 0.25) is 0 Å². The zero-order chi connectivity index (χ0) is 18.5. The van der Waals surface area contributed by atoms with Crippen molar-refractivity contribution in [3.8, 4) is 11.5 Å². The zero-order valence-electron chi connectivity index (χ0n) is 15.7. The number of para-hydroxylation sites is 1. The minimum Gasteiger partial charge on any atom is -0.400 e. The molecule has 134 valence electrons. The molecule has 1 aliphatic rings. The molecule has 0 amide bonds. The third kappa shape index (κ3) is 3.69. The standard InChI is InChI=1S/C20H26NO3P/c1-19(2,3)14-12-16(20(4,5)6)18-17(13-14)21-25(22,24-18)23-15-10-8-7-9-11-15/h7-13H,1-6H3,(H,21,22). The van der Waals surface area contributed by atoms with Crippen LogP contribution in [0.4, 0.5) is 5.69 Å². The van der Waals surface area contributed by atoms with E-state index in [0.29, 0.717) is 11.5 Å². The van der Waals surface area contributed by atoms with Crippen LogP contribution >= 0.6 is 7.75 Å². The molecule has 0 spiro atoms. The van der Waals surface area contributed by atoms with E-state index in [2.05, 4.69) is 52.7 Å². The first kappa shape index (κ1) is 17.9. The monoisotopic (exact) mass is 359 g/mol. The molecule has 3 rings (SSSR count). The van der Waals surface area contributed by atoms with Crippen molar-refractivity contribution >= 4 is 13.4 Å². The second-order valence-electron chi connectivity index (χ2n) is 8.51. The van der Waals surface area contributed by atoms with E-state index in [9.17, 15) is 4.57 Å². The third-order valence-corrected chi connectivity index (χ3v) is 5.59. The fraction of sp³-hybridized carbons (Fsp3) is 0.400. The van der Waals surface area contributed by atoms with E-state index in [-0.39, 0.29) is 10.8 Å². The number of rotatable bonds is 2. The van der Waals surface area contributed by atoms with Crippen LogP contribution in [0.3, 0.4) is 0 Å². The van der Waals surface area contributed by atoms with Gasteiger partial charge in [0.05, 0.1) is 5.69 Å². The van der Waals surface area contributed by atoms with Crippen LogP contribution in [0, 0.1) is 0 Å². The quantitative estimate of drug-likeness (QED) is 0.642. The number of hydrogen-bond acceptors (Lipinski definition) is 3. The minimum absolute atomic E-state index is 0.0242. The third-order valence-electron chi connectivity index (χ3n) is 4.20. The topological polar surface area (TPSA) is 47.6 Å². The number of nitrogens with one attached hydrogen (secondary N) is 1. The molecule has 0 aliphatic carbocycles. The second kappa shape index (κ2) is 5.81. The van der Waals surface area contributed by atoms with Crippen LogP contribution in [0.5, 0.6) is 11.5 Å². The Morgan fingerprint density at radius 1 is 0.960 bits per heavy atom. The van der Waals surface area contributed by atoms with Crippen LogP contribution in [-0.4, -0.2) is 0 Å². The Hall–Kier alpha value is -1.93. The summed E-state index contributed by atoms with van der Waals surface area (Å²) in [6.45, 7) is 12.9. The smallest absolute Gasteiger partial charge is 0.400 e. The van der Waals surface area contributed by atoms with Gasteiger partial charge in [-0.1, -0.05) is 65.8 Å². The van der Waals surface area contributed by atoms with Gasteiger partial charge in [-0.25, -0.2) is 4.57 Å². The van der Waals surface area contributed by atoms with Gasteiger partial charge >= 0.3 is 7.75 Å². The lowest BCUT2D eigenvalue weighted by molar-refractivity contribution is 0.396. The van der Waals surface area contributed by atoms with Gasteiger partial charge in [-0.3, -0.25) is 5.09 Å². The molecule has 0 fully saturated rings. The van der Waals surface area contributed by atoms with Gasteiger partial charge in [0.1, 0.15) is 5.75 Å². The summed E-state index contributed by atoms with van der Waals surface area (Å²) >= 11 is 0. The zero-order valence-corrected chi connectivity index (χ0v) is 16.6. The van der Waals surface area contributed by atoms with Crippen molar-refractivity contribution in [2.75, 3.05) is 5.09 Å². The van der Waals surface area contributed by atoms with E-state index in [1.54, 1.807) is 12.1 Å². The lowest BCUT2D eigenvalue weighted by atomic mass is 9.80. The van der Waals surface area contributed by atoms with Crippen LogP contribution < -0.4 is 14.1 Å². The number of hydrogen-bond donors (Lipinski definition) is 1. The molecule has 0 radical (unpaired) electrons. The molecule has 1 heterocycles. The Labute approximate surface area is 150 Å². The molecule has 2 aromatic carbocycles. The normalized spacial score (nSPS) is 19.8. The van der Waals surface area contributed by atoms with Gasteiger partial charge in [0, 0.05) is 5.56 Å². The summed E-state index contributed by atoms with van der Waals surface area (Å²) in [5, 5.41) is 3.00. The average molecular weight is 359 g/mol. The lowest BCUT2D eigenvalue weighted by Crippen LogP contribution is -2.16. The van der Waals surface area contributed by atoms with Gasteiger partial charge < -0.3 is 9.05 Å². The van der Waals surface area contributed by atoms with Crippen LogP contribution in [-0.2, 0) is 15.4 Å². The lowest BCUT2D eigenvalue weighted by Gasteiger charge is -2.26. The Kier molecular flexibility index (Phi) is 4.15. The average Bonchev–Trinajstić information content (AvgIpc) is 2.80. The highest BCUT2D eigenvalue weighted by Crippen LogP contribution is 2.59. The predicted molar refractivity (Wildman–Crippen MR) is 103 cm³/mol. The van der Waals surface area contributed by atoms with Crippen molar-refractivity contribution in [3.63, 3.8) is 0 Å². The van der Waals surface area contributed by atoms with Crippen molar-refractivity contribution in [3.05, 3.63) is 53.6 Å². The van der Waals surface area contributed by atoms with E-state index >= 15 is 0 Å². The molecule has 1 N–H and O–H groups in total. The second-order valence-corrected chi connectivity index (χ2v) is 10.1. The molecule has 5 heteroatoms. The maximum absolute atomic E-state index is 13.1. The molecule has 0 saturated heterocycles. The summed E-state index contributed by atoms with van der Waals surface area (Å²) in [6, 6.07) is 13.2. The van der Waals surface area contributed by atoms with Crippen LogP contribution in [0.2, 0.25) is 0 Å². The number of anilines is 1. The molecule has 0 saturated carbocycles. The van der Waals surface area contributed by atoms with Crippen molar-refractivity contribution < 1.29 is 13.6 Å². The molecule has 1 unspecified atom stereocenters. The largest absolute Gasteiger partial charge is 0.541 e. The highest BCUT2D eigenvalue weighted by Gasteiger charge is 2.41. The predicted octanol–water partition coefficient (Wildman–Crippen LogP) is 6.27. The molecule has 1 atom stereocenters. The first-order chi connectivity index (χ1) is 11.5. The van der Waals surface area contributed by atoms with Gasteiger partial charge in [0.15, 0.2) is 5.75 Å². The van der Waals surface area contributed by atoms with Crippen LogP contribution in [0.25, 0.3) is 0 Å². The molecule has 25 heavy (non-hydrogen) atoms. The highest BCUT2D eigenvalue weighted by molar-refractivity contribution is 7.56. The van der Waals surface area contributed by atoms with Gasteiger partial charge in [-0.2, -0.15) is 0 Å². The summed E-state index contributed by atoms with van der Waals surface area (Å²) in [4.78, 5) is 0. The molecule has 0 bridgehead atoms. The Bertz CT molecular complexity index is 833. The first-order valence-corrected chi connectivity index (χ1v) is 10.0. The SMILES string of the molecule is CC(C)(C)c1cc2c(c(C(C)(C)C)c1)OP(=O)(Oc1ccccc1)N2. The minimum atomic E-state index is -3.49. The summed E-state index contributed by atoms with van der Waals surface area (Å²) in [7, 11) is -3.49. The molecular weight excluding hydrogens is 333 g/mol. The van der Waals surface area contributed by atoms with Gasteiger partial charge in [-0.15, -0.1) is 0 Å². The van der Waals surface area contributed by atoms with E-state index < -0.39 is 7.75 Å². The van der Waals surface area contributed by atoms with Crippen molar-refractivity contribution in [1.82, 2.24) is 0 Å². The molecule has 0 aromatic heterocycles. The maximum atomic E-state index is 13.1. The van der Waals surface area contributed by atoms with E-state index in [1.165, 1.54) is 5.56 Å². The van der Waals surface area contributed by atoms with Gasteiger partial charge in [0.25, 0.3) is 0 Å². The first-order valence-electron chi connectivity index (χ1n) is 8.49. The number of benzene rings is 2. The molecule has 2 aromatic rings. The molecule has 1 aliphatic heterocycles. The maximum Gasteiger partial charge on any atom is 0.541 e. The Morgan fingerprint density at radius 3 is 2.16 bits per heavy atom. The van der Waals surface area contributed by atoms with Crippen molar-refractivity contribution in [2.45, 2.75) is 52.4 Å². The fourth-order valence-corrected chi connectivity index (χ4v) is 4.18. The van der Waals surface area contributed by atoms with Crippen molar-refractivity contribution in [1.29, 1.82) is 0 Å². The van der Waals surface area contributed by atoms with E-state index in [0.717, 1.165) is 11.3 Å². The highest BCUT2D eigenvalue weighted by atomic mass is 31.2. The fourth-order valence-electron chi connectivity index (χ4n) is 2.75. The van der Waals surface area contributed by atoms with E-state index in [4.69, 9.17) is 9.05 Å². The van der Waals surface area contributed by atoms with Crippen LogP contribution in [0.1, 0.15) is 52.7 Å². The Balaban J connectivity index is 2.03. The van der Waals surface area contributed by atoms with E-state index in [1.807, 2.05) is 24.3 Å². The number of fused-ring (bicyclic) bond motifs is 1. The van der Waals surface area contributed by atoms with Crippen molar-refractivity contribution in [2.24, 2.45) is 0 Å². The van der Waals surface area contributed by atoms with Crippen LogP contribution in [0.15, 0.2) is 42.5 Å². The summed E-state index contributed by atoms with van der Waals surface area (Å²) < 4.78 is 24.6. The Morgan fingerprint density at radius 2 is 1.60 bits per heavy atom.